The SMILES string of the molecule is CC[C@H](Cc1ccc(C(=O)OBr)cc1)NC(=O)OC(C)(C)C. The lowest BCUT2D eigenvalue weighted by Gasteiger charge is -2.23. The first-order valence-electron chi connectivity index (χ1n) is 7.16. The van der Waals surface area contributed by atoms with Crippen LogP contribution in [0.5, 0.6) is 0 Å². The van der Waals surface area contributed by atoms with Gasteiger partial charge in [0.2, 0.25) is 0 Å². The number of carbonyl (C=O) groups excluding carboxylic acids is 2. The van der Waals surface area contributed by atoms with Crippen molar-refractivity contribution in [3.05, 3.63) is 35.4 Å². The lowest BCUT2D eigenvalue weighted by Crippen LogP contribution is -2.39. The number of hydrogen-bond donors (Lipinski definition) is 1. The topological polar surface area (TPSA) is 64.6 Å². The van der Waals surface area contributed by atoms with E-state index in [2.05, 4.69) is 25.4 Å². The molecule has 0 saturated heterocycles. The third kappa shape index (κ3) is 6.47. The van der Waals surface area contributed by atoms with E-state index < -0.39 is 17.7 Å². The summed E-state index contributed by atoms with van der Waals surface area (Å²) in [5.41, 5.74) is 0.975. The standard InChI is InChI=1S/C16H22BrNO4/c1-5-13(18-15(20)21-16(2,3)4)10-11-6-8-12(9-7-11)14(19)22-17/h6-9,13H,5,10H2,1-4H3,(H,18,20)/t13-/m1/s1. The van der Waals surface area contributed by atoms with E-state index in [4.69, 9.17) is 4.74 Å². The predicted octanol–water partition coefficient (Wildman–Crippen LogP) is 4.00. The van der Waals surface area contributed by atoms with Crippen molar-refractivity contribution in [3.8, 4) is 0 Å². The van der Waals surface area contributed by atoms with Crippen LogP contribution in [0.1, 0.15) is 50.0 Å². The number of halogens is 1. The first-order valence-corrected chi connectivity index (χ1v) is 7.81. The Morgan fingerprint density at radius 3 is 2.27 bits per heavy atom. The summed E-state index contributed by atoms with van der Waals surface area (Å²) in [6.07, 6.45) is 1.03. The Morgan fingerprint density at radius 1 is 1.23 bits per heavy atom. The van der Waals surface area contributed by atoms with Gasteiger partial charge in [-0.15, -0.1) is 0 Å². The molecule has 0 spiro atoms. The van der Waals surface area contributed by atoms with Crippen LogP contribution in [0.3, 0.4) is 0 Å². The molecular formula is C16H22BrNO4. The number of nitrogens with one attached hydrogen (secondary N) is 1. The molecule has 122 valence electrons. The lowest BCUT2D eigenvalue weighted by molar-refractivity contribution is 0.0502. The number of ether oxygens (including phenoxy) is 1. The second kappa shape index (κ2) is 8.17. The van der Waals surface area contributed by atoms with Crippen LogP contribution in [-0.2, 0) is 15.0 Å². The maximum Gasteiger partial charge on any atom is 0.407 e. The normalized spacial score (nSPS) is 12.4. The second-order valence-electron chi connectivity index (χ2n) is 6.02. The van der Waals surface area contributed by atoms with Crippen molar-refractivity contribution in [2.24, 2.45) is 0 Å². The fourth-order valence-electron chi connectivity index (χ4n) is 1.88. The van der Waals surface area contributed by atoms with Gasteiger partial charge in [0.25, 0.3) is 0 Å². The maximum absolute atomic E-state index is 11.8. The number of amides is 1. The number of alkyl carbamates (subject to hydrolysis) is 1. The van der Waals surface area contributed by atoms with Gasteiger partial charge in [0, 0.05) is 6.04 Å². The van der Waals surface area contributed by atoms with Crippen molar-refractivity contribution in [1.29, 1.82) is 0 Å². The minimum absolute atomic E-state index is 0.0242. The zero-order valence-electron chi connectivity index (χ0n) is 13.3. The van der Waals surface area contributed by atoms with Gasteiger partial charge < -0.3 is 13.9 Å². The third-order valence-corrected chi connectivity index (χ3v) is 3.25. The molecule has 1 aromatic carbocycles. The molecule has 22 heavy (non-hydrogen) atoms. The molecule has 6 heteroatoms. The third-order valence-electron chi connectivity index (χ3n) is 2.96. The van der Waals surface area contributed by atoms with E-state index in [-0.39, 0.29) is 6.04 Å². The van der Waals surface area contributed by atoms with Crippen molar-refractivity contribution in [2.75, 3.05) is 0 Å². The highest BCUT2D eigenvalue weighted by molar-refractivity contribution is 9.06. The van der Waals surface area contributed by atoms with Crippen LogP contribution in [0.4, 0.5) is 4.79 Å². The highest BCUT2D eigenvalue weighted by Crippen LogP contribution is 2.12. The summed E-state index contributed by atoms with van der Waals surface area (Å²) in [5, 5.41) is 2.86. The quantitative estimate of drug-likeness (QED) is 0.849. The Morgan fingerprint density at radius 2 is 1.82 bits per heavy atom. The van der Waals surface area contributed by atoms with E-state index in [1.807, 2.05) is 39.8 Å². The molecule has 0 saturated carbocycles. The zero-order chi connectivity index (χ0) is 16.8. The molecule has 0 radical (unpaired) electrons. The van der Waals surface area contributed by atoms with Gasteiger partial charge >= 0.3 is 12.1 Å². The zero-order valence-corrected chi connectivity index (χ0v) is 14.9. The Kier molecular flexibility index (Phi) is 6.87. The summed E-state index contributed by atoms with van der Waals surface area (Å²) in [4.78, 5) is 23.1. The minimum atomic E-state index is -0.514. The van der Waals surface area contributed by atoms with Gasteiger partial charge in [0.05, 0.1) is 5.56 Å². The average molecular weight is 372 g/mol. The molecule has 1 aromatic rings. The van der Waals surface area contributed by atoms with E-state index >= 15 is 0 Å². The molecule has 1 atom stereocenters. The first-order chi connectivity index (χ1) is 10.2. The average Bonchev–Trinajstić information content (AvgIpc) is 2.44. The molecule has 5 nitrogen and oxygen atoms in total. The van der Waals surface area contributed by atoms with Gasteiger partial charge in [-0.2, -0.15) is 0 Å². The molecule has 0 bridgehead atoms. The molecular weight excluding hydrogens is 350 g/mol. The van der Waals surface area contributed by atoms with Gasteiger partial charge in [-0.1, -0.05) is 19.1 Å². The molecule has 1 amide bonds. The van der Waals surface area contributed by atoms with Crippen molar-refractivity contribution in [3.63, 3.8) is 0 Å². The first kappa shape index (κ1) is 18.5. The molecule has 0 heterocycles. The van der Waals surface area contributed by atoms with E-state index in [9.17, 15) is 9.59 Å². The van der Waals surface area contributed by atoms with Gasteiger partial charge in [-0.05, 0) is 51.3 Å². The van der Waals surface area contributed by atoms with Crippen molar-refractivity contribution in [1.82, 2.24) is 5.32 Å². The van der Waals surface area contributed by atoms with Crippen molar-refractivity contribution >= 4 is 28.3 Å². The molecule has 1 N–H and O–H groups in total. The smallest absolute Gasteiger partial charge is 0.407 e. The highest BCUT2D eigenvalue weighted by atomic mass is 79.9. The van der Waals surface area contributed by atoms with Gasteiger partial charge in [-0.25, -0.2) is 9.59 Å². The van der Waals surface area contributed by atoms with Gasteiger partial charge in [-0.3, -0.25) is 0 Å². The Labute approximate surface area is 139 Å². The fraction of sp³-hybridized carbons (Fsp3) is 0.500. The molecule has 0 fully saturated rings. The van der Waals surface area contributed by atoms with Crippen LogP contribution in [0.25, 0.3) is 0 Å². The molecule has 0 aliphatic rings. The summed E-state index contributed by atoms with van der Waals surface area (Å²) in [6.45, 7) is 7.48. The summed E-state index contributed by atoms with van der Waals surface area (Å²) in [6, 6.07) is 7.05. The van der Waals surface area contributed by atoms with Crippen LogP contribution in [0, 0.1) is 0 Å². The predicted molar refractivity (Wildman–Crippen MR) is 87.9 cm³/mol. The minimum Gasteiger partial charge on any atom is -0.444 e. The molecule has 0 unspecified atom stereocenters. The summed E-state index contributed by atoms with van der Waals surface area (Å²) >= 11 is 2.66. The van der Waals surface area contributed by atoms with E-state index in [1.54, 1.807) is 12.1 Å². The van der Waals surface area contributed by atoms with E-state index in [0.29, 0.717) is 12.0 Å². The van der Waals surface area contributed by atoms with Crippen LogP contribution in [-0.4, -0.2) is 23.7 Å². The lowest BCUT2D eigenvalue weighted by atomic mass is 10.0. The van der Waals surface area contributed by atoms with Crippen LogP contribution >= 0.6 is 16.3 Å². The number of rotatable bonds is 5. The summed E-state index contributed by atoms with van der Waals surface area (Å²) in [7, 11) is 0. The fourth-order valence-corrected chi connectivity index (χ4v) is 2.06. The van der Waals surface area contributed by atoms with Gasteiger partial charge in [0.15, 0.2) is 16.3 Å². The Balaban J connectivity index is 2.62. The highest BCUT2D eigenvalue weighted by Gasteiger charge is 2.19. The second-order valence-corrected chi connectivity index (χ2v) is 6.34. The monoisotopic (exact) mass is 371 g/mol. The summed E-state index contributed by atoms with van der Waals surface area (Å²) < 4.78 is 9.73. The van der Waals surface area contributed by atoms with Crippen molar-refractivity contribution in [2.45, 2.75) is 52.2 Å². The molecule has 1 rings (SSSR count). The summed E-state index contributed by atoms with van der Waals surface area (Å²) in [5.74, 6) is -0.439. The van der Waals surface area contributed by atoms with Crippen LogP contribution in [0.2, 0.25) is 0 Å². The molecule has 0 aliphatic heterocycles. The molecule has 0 aromatic heterocycles. The van der Waals surface area contributed by atoms with E-state index in [1.165, 1.54) is 0 Å². The Hall–Kier alpha value is -1.56. The Bertz CT molecular complexity index is 508. The number of benzene rings is 1. The molecule has 0 aliphatic carbocycles. The van der Waals surface area contributed by atoms with E-state index in [0.717, 1.165) is 12.0 Å². The van der Waals surface area contributed by atoms with Crippen LogP contribution < -0.4 is 5.32 Å². The number of hydrogen-bond acceptors (Lipinski definition) is 4. The largest absolute Gasteiger partial charge is 0.444 e. The van der Waals surface area contributed by atoms with Gasteiger partial charge in [0.1, 0.15) is 5.60 Å². The maximum atomic E-state index is 11.8. The number of carbonyl (C=O) groups is 2. The van der Waals surface area contributed by atoms with Crippen molar-refractivity contribution < 1.29 is 18.2 Å². The van der Waals surface area contributed by atoms with Crippen LogP contribution in [0.15, 0.2) is 24.3 Å².